The third-order valence-electron chi connectivity index (χ3n) is 3.81. The van der Waals surface area contributed by atoms with E-state index in [9.17, 15) is 18.0 Å². The molecule has 9 heteroatoms. The normalized spacial score (nSPS) is 11.2. The Morgan fingerprint density at radius 1 is 1.10 bits per heavy atom. The zero-order valence-electron chi connectivity index (χ0n) is 15.1. The number of carbonyl (C=O) groups is 1. The van der Waals surface area contributed by atoms with Gasteiger partial charge >= 0.3 is 6.18 Å². The molecule has 5 nitrogen and oxygen atoms in total. The number of alkyl halides is 3. The van der Waals surface area contributed by atoms with Crippen LogP contribution in [0, 0.1) is 6.92 Å². The predicted octanol–water partition coefficient (Wildman–Crippen LogP) is 5.30. The third-order valence-corrected chi connectivity index (χ3v) is 4.06. The van der Waals surface area contributed by atoms with Gasteiger partial charge in [0.2, 0.25) is 5.88 Å². The molecule has 2 aromatic heterocycles. The molecule has 0 bridgehead atoms. The van der Waals surface area contributed by atoms with Crippen molar-refractivity contribution in [2.24, 2.45) is 0 Å². The van der Waals surface area contributed by atoms with E-state index in [1.165, 1.54) is 18.5 Å². The molecule has 0 aliphatic rings. The van der Waals surface area contributed by atoms with Crippen molar-refractivity contribution in [2.75, 3.05) is 11.9 Å². The third kappa shape index (κ3) is 5.68. The summed E-state index contributed by atoms with van der Waals surface area (Å²) in [5, 5.41) is 3.12. The van der Waals surface area contributed by atoms with Gasteiger partial charge in [-0.25, -0.2) is 4.98 Å². The summed E-state index contributed by atoms with van der Waals surface area (Å²) < 4.78 is 42.5. The first-order valence-electron chi connectivity index (χ1n) is 8.41. The van der Waals surface area contributed by atoms with E-state index >= 15 is 0 Å². The highest BCUT2D eigenvalue weighted by atomic mass is 35.5. The average molecular weight is 422 g/mol. The number of hydrogen-bond acceptors (Lipinski definition) is 4. The van der Waals surface area contributed by atoms with Crippen LogP contribution in [0.1, 0.15) is 16.1 Å². The van der Waals surface area contributed by atoms with Gasteiger partial charge in [-0.15, -0.1) is 0 Å². The highest BCUT2D eigenvalue weighted by Crippen LogP contribution is 2.32. The fraction of sp³-hybridized carbons (Fsp3) is 0.150. The summed E-state index contributed by atoms with van der Waals surface area (Å²) in [5.74, 6) is -0.634. The summed E-state index contributed by atoms with van der Waals surface area (Å²) in [7, 11) is 0. The number of halogens is 4. The number of benzene rings is 1. The van der Waals surface area contributed by atoms with E-state index in [-0.39, 0.29) is 11.4 Å². The molecule has 1 amide bonds. The first-order valence-corrected chi connectivity index (χ1v) is 8.78. The van der Waals surface area contributed by atoms with Gasteiger partial charge < -0.3 is 10.1 Å². The van der Waals surface area contributed by atoms with E-state index in [1.807, 2.05) is 0 Å². The van der Waals surface area contributed by atoms with Gasteiger partial charge in [0.05, 0.1) is 17.4 Å². The zero-order chi connectivity index (χ0) is 21.0. The van der Waals surface area contributed by atoms with E-state index in [0.29, 0.717) is 21.8 Å². The van der Waals surface area contributed by atoms with Crippen molar-refractivity contribution in [2.45, 2.75) is 13.1 Å². The summed E-state index contributed by atoms with van der Waals surface area (Å²) in [6.07, 6.45) is -1.85. The number of rotatable bonds is 5. The Morgan fingerprint density at radius 3 is 2.45 bits per heavy atom. The van der Waals surface area contributed by atoms with Gasteiger partial charge in [-0.2, -0.15) is 13.2 Å². The maximum absolute atomic E-state index is 12.6. The molecule has 2 heterocycles. The lowest BCUT2D eigenvalue weighted by Crippen LogP contribution is -2.20. The number of carbonyl (C=O) groups excluding carboxylic acids is 1. The molecule has 3 rings (SSSR count). The minimum Gasteiger partial charge on any atom is -0.468 e. The summed E-state index contributed by atoms with van der Waals surface area (Å²) in [5.41, 5.74) is 2.21. The molecule has 0 saturated carbocycles. The fourth-order valence-electron chi connectivity index (χ4n) is 2.43. The number of nitrogens with zero attached hydrogens (tertiary/aromatic N) is 2. The molecule has 0 unspecified atom stereocenters. The number of ether oxygens (including phenoxy) is 1. The molecule has 0 saturated heterocycles. The highest BCUT2D eigenvalue weighted by molar-refractivity contribution is 6.30. The van der Waals surface area contributed by atoms with Crippen LogP contribution in [-0.4, -0.2) is 28.7 Å². The van der Waals surface area contributed by atoms with Crippen LogP contribution in [0.5, 0.6) is 5.88 Å². The molecule has 1 aromatic carbocycles. The number of hydrogen-bond donors (Lipinski definition) is 1. The number of aryl methyl sites for hydroxylation is 1. The van der Waals surface area contributed by atoms with Crippen LogP contribution in [0.15, 0.2) is 54.9 Å². The monoisotopic (exact) mass is 421 g/mol. The van der Waals surface area contributed by atoms with Crippen molar-refractivity contribution >= 4 is 23.2 Å². The second-order valence-electron chi connectivity index (χ2n) is 6.13. The number of nitrogens with one attached hydrogen (secondary N) is 1. The van der Waals surface area contributed by atoms with Gasteiger partial charge in [-0.3, -0.25) is 9.78 Å². The molecule has 0 aliphatic heterocycles. The molecule has 3 aromatic rings. The molecule has 0 spiro atoms. The second-order valence-corrected chi connectivity index (χ2v) is 6.57. The average Bonchev–Trinajstić information content (AvgIpc) is 2.67. The van der Waals surface area contributed by atoms with Crippen molar-refractivity contribution in [1.29, 1.82) is 0 Å². The summed E-state index contributed by atoms with van der Waals surface area (Å²) in [6, 6.07) is 11.2. The largest absolute Gasteiger partial charge is 0.468 e. The van der Waals surface area contributed by atoms with Gasteiger partial charge in [-0.1, -0.05) is 23.7 Å². The standard InChI is InChI=1S/C20H15ClF3N3O2/c1-12-2-3-14(9-25-12)18(28)27-16-8-17(13-4-6-15(21)7-5-13)19(26-10-16)29-11-20(22,23)24/h2-10H,11H2,1H3,(H,27,28). The van der Waals surface area contributed by atoms with Gasteiger partial charge in [0.15, 0.2) is 6.61 Å². The lowest BCUT2D eigenvalue weighted by molar-refractivity contribution is -0.154. The van der Waals surface area contributed by atoms with Crippen LogP contribution in [0.2, 0.25) is 5.02 Å². The van der Waals surface area contributed by atoms with E-state index in [0.717, 1.165) is 5.69 Å². The Bertz CT molecular complexity index is 1010. The van der Waals surface area contributed by atoms with E-state index in [4.69, 9.17) is 16.3 Å². The maximum Gasteiger partial charge on any atom is 0.422 e. The lowest BCUT2D eigenvalue weighted by atomic mass is 10.1. The minimum absolute atomic E-state index is 0.209. The van der Waals surface area contributed by atoms with Gasteiger partial charge in [0.1, 0.15) is 0 Å². The minimum atomic E-state index is -4.51. The molecule has 150 valence electrons. The molecule has 0 atom stereocenters. The summed E-state index contributed by atoms with van der Waals surface area (Å²) in [4.78, 5) is 20.4. The molecular formula is C20H15ClF3N3O2. The molecule has 0 radical (unpaired) electrons. The van der Waals surface area contributed by atoms with Crippen molar-refractivity contribution in [3.8, 4) is 17.0 Å². The van der Waals surface area contributed by atoms with Crippen LogP contribution in [0.4, 0.5) is 18.9 Å². The molecule has 29 heavy (non-hydrogen) atoms. The summed E-state index contributed by atoms with van der Waals surface area (Å²) in [6.45, 7) is 0.311. The summed E-state index contributed by atoms with van der Waals surface area (Å²) >= 11 is 5.88. The Hall–Kier alpha value is -3.13. The lowest BCUT2D eigenvalue weighted by Gasteiger charge is -2.14. The van der Waals surface area contributed by atoms with Crippen molar-refractivity contribution in [1.82, 2.24) is 9.97 Å². The van der Waals surface area contributed by atoms with Crippen LogP contribution in [0.3, 0.4) is 0 Å². The van der Waals surface area contributed by atoms with Crippen molar-refractivity contribution < 1.29 is 22.7 Å². The topological polar surface area (TPSA) is 64.1 Å². The Morgan fingerprint density at radius 2 is 1.83 bits per heavy atom. The molecular weight excluding hydrogens is 407 g/mol. The highest BCUT2D eigenvalue weighted by Gasteiger charge is 2.29. The number of anilines is 1. The van der Waals surface area contributed by atoms with Gasteiger partial charge in [-0.05, 0) is 42.8 Å². The van der Waals surface area contributed by atoms with Crippen LogP contribution >= 0.6 is 11.6 Å². The maximum atomic E-state index is 12.6. The van der Waals surface area contributed by atoms with Crippen LogP contribution in [-0.2, 0) is 0 Å². The number of aromatic nitrogens is 2. The van der Waals surface area contributed by atoms with Crippen molar-refractivity contribution in [3.05, 3.63) is 71.1 Å². The SMILES string of the molecule is Cc1ccc(C(=O)Nc2cnc(OCC(F)(F)F)c(-c3ccc(Cl)cc3)c2)cn1. The van der Waals surface area contributed by atoms with Crippen molar-refractivity contribution in [3.63, 3.8) is 0 Å². The van der Waals surface area contributed by atoms with E-state index in [1.54, 1.807) is 43.3 Å². The molecule has 0 aliphatic carbocycles. The van der Waals surface area contributed by atoms with Crippen LogP contribution in [0.25, 0.3) is 11.1 Å². The van der Waals surface area contributed by atoms with E-state index < -0.39 is 18.7 Å². The predicted molar refractivity (Wildman–Crippen MR) is 103 cm³/mol. The second kappa shape index (κ2) is 8.48. The van der Waals surface area contributed by atoms with Gasteiger partial charge in [0.25, 0.3) is 5.91 Å². The Balaban J connectivity index is 1.90. The fourth-order valence-corrected chi connectivity index (χ4v) is 2.55. The van der Waals surface area contributed by atoms with Crippen LogP contribution < -0.4 is 10.1 Å². The molecule has 0 fully saturated rings. The van der Waals surface area contributed by atoms with E-state index in [2.05, 4.69) is 15.3 Å². The zero-order valence-corrected chi connectivity index (χ0v) is 15.9. The first kappa shape index (κ1) is 20.6. The molecule has 1 N–H and O–H groups in total. The first-order chi connectivity index (χ1) is 13.7. The smallest absolute Gasteiger partial charge is 0.422 e. The number of pyridine rings is 2. The number of amides is 1. The van der Waals surface area contributed by atoms with Gasteiger partial charge in [0, 0.05) is 22.5 Å². The quantitative estimate of drug-likeness (QED) is 0.607. The Labute approximate surface area is 169 Å². The Kier molecular flexibility index (Phi) is 6.03.